The largest absolute Gasteiger partial charge is 0.465 e. The average molecular weight is 752 g/mol. The molecular formula is C48H97NO4. The molecule has 0 aliphatic carbocycles. The fraction of sp³-hybridized carbons (Fsp3) is 0.979. The molecule has 0 saturated carbocycles. The monoisotopic (exact) mass is 752 g/mol. The molecule has 0 aromatic rings. The summed E-state index contributed by atoms with van der Waals surface area (Å²) in [5, 5.41) is 10.1. The molecule has 0 rings (SSSR count). The van der Waals surface area contributed by atoms with E-state index >= 15 is 0 Å². The molecule has 318 valence electrons. The van der Waals surface area contributed by atoms with Crippen molar-refractivity contribution in [1.82, 2.24) is 4.90 Å². The van der Waals surface area contributed by atoms with Crippen LogP contribution in [0.1, 0.15) is 247 Å². The summed E-state index contributed by atoms with van der Waals surface area (Å²) in [6.07, 6.45) is 41.2. The SMILES string of the molecule is CCCCCCCCC(CCCCCC)COCCCCCCN(CCCCCCOC(=O)C(CCCCCC)CCCCCCCC)C(CC)CO. The van der Waals surface area contributed by atoms with Crippen molar-refractivity contribution in [2.24, 2.45) is 11.8 Å². The molecule has 0 aliphatic rings. The molecule has 0 aromatic heterocycles. The van der Waals surface area contributed by atoms with E-state index in [0.29, 0.717) is 6.61 Å². The zero-order chi connectivity index (χ0) is 38.9. The fourth-order valence-corrected chi connectivity index (χ4v) is 7.92. The van der Waals surface area contributed by atoms with Crippen molar-refractivity contribution in [3.63, 3.8) is 0 Å². The van der Waals surface area contributed by atoms with Crippen LogP contribution in [-0.2, 0) is 14.3 Å². The minimum atomic E-state index is 0.0621. The van der Waals surface area contributed by atoms with Gasteiger partial charge in [0.15, 0.2) is 0 Å². The summed E-state index contributed by atoms with van der Waals surface area (Å²) in [7, 11) is 0. The first-order valence-corrected chi connectivity index (χ1v) is 24.2. The Morgan fingerprint density at radius 3 is 1.36 bits per heavy atom. The molecule has 3 unspecified atom stereocenters. The maximum atomic E-state index is 13.0. The normalized spacial score (nSPS) is 13.5. The summed E-state index contributed by atoms with van der Waals surface area (Å²) in [6.45, 7) is 16.1. The van der Waals surface area contributed by atoms with Crippen LogP contribution in [0, 0.1) is 11.8 Å². The number of esters is 1. The number of ether oxygens (including phenoxy) is 2. The molecule has 0 radical (unpaired) electrons. The molecule has 0 fully saturated rings. The number of carbonyl (C=O) groups is 1. The van der Waals surface area contributed by atoms with Crippen molar-refractivity contribution in [3.8, 4) is 0 Å². The Morgan fingerprint density at radius 1 is 0.491 bits per heavy atom. The molecule has 0 aliphatic heterocycles. The van der Waals surface area contributed by atoms with Gasteiger partial charge in [0.05, 0.1) is 19.1 Å². The van der Waals surface area contributed by atoms with Crippen molar-refractivity contribution in [2.75, 3.05) is 39.5 Å². The lowest BCUT2D eigenvalue weighted by molar-refractivity contribution is -0.149. The second-order valence-corrected chi connectivity index (χ2v) is 16.7. The Labute approximate surface area is 333 Å². The van der Waals surface area contributed by atoms with Crippen LogP contribution in [0.15, 0.2) is 0 Å². The van der Waals surface area contributed by atoms with Crippen molar-refractivity contribution < 1.29 is 19.4 Å². The van der Waals surface area contributed by atoms with Crippen molar-refractivity contribution in [1.29, 1.82) is 0 Å². The third-order valence-electron chi connectivity index (χ3n) is 11.7. The van der Waals surface area contributed by atoms with Gasteiger partial charge in [0, 0.05) is 19.3 Å². The predicted molar refractivity (Wildman–Crippen MR) is 232 cm³/mol. The molecule has 0 aromatic carbocycles. The molecule has 5 heteroatoms. The van der Waals surface area contributed by atoms with Crippen LogP contribution in [0.3, 0.4) is 0 Å². The van der Waals surface area contributed by atoms with Crippen molar-refractivity contribution in [2.45, 2.75) is 253 Å². The fourth-order valence-electron chi connectivity index (χ4n) is 7.92. The summed E-state index contributed by atoms with van der Waals surface area (Å²) in [5.74, 6) is 0.913. The van der Waals surface area contributed by atoms with E-state index in [1.165, 1.54) is 154 Å². The first-order valence-electron chi connectivity index (χ1n) is 24.2. The van der Waals surface area contributed by atoms with Gasteiger partial charge >= 0.3 is 5.97 Å². The van der Waals surface area contributed by atoms with Gasteiger partial charge in [-0.15, -0.1) is 0 Å². The quantitative estimate of drug-likeness (QED) is 0.0496. The second-order valence-electron chi connectivity index (χ2n) is 16.7. The number of hydrogen-bond acceptors (Lipinski definition) is 5. The number of unbranched alkanes of at least 4 members (excludes halogenated alkanes) is 22. The third kappa shape index (κ3) is 34.3. The van der Waals surface area contributed by atoms with Gasteiger partial charge in [0.2, 0.25) is 0 Å². The van der Waals surface area contributed by atoms with Crippen LogP contribution in [0.5, 0.6) is 0 Å². The Kier molecular flexibility index (Phi) is 42.0. The van der Waals surface area contributed by atoms with Gasteiger partial charge in [-0.05, 0) is 76.8 Å². The van der Waals surface area contributed by atoms with Gasteiger partial charge in [-0.2, -0.15) is 0 Å². The molecule has 3 atom stereocenters. The van der Waals surface area contributed by atoms with Crippen LogP contribution in [0.25, 0.3) is 0 Å². The Bertz CT molecular complexity index is 714. The average Bonchev–Trinajstić information content (AvgIpc) is 3.17. The second kappa shape index (κ2) is 42.5. The molecule has 0 bridgehead atoms. The molecule has 5 nitrogen and oxygen atoms in total. The molecule has 1 N–H and O–H groups in total. The maximum absolute atomic E-state index is 13.0. The predicted octanol–water partition coefficient (Wildman–Crippen LogP) is 14.4. The van der Waals surface area contributed by atoms with E-state index in [0.717, 1.165) is 90.0 Å². The highest BCUT2D eigenvalue weighted by atomic mass is 16.5. The van der Waals surface area contributed by atoms with Crippen molar-refractivity contribution >= 4 is 5.97 Å². The van der Waals surface area contributed by atoms with Crippen LogP contribution in [0.4, 0.5) is 0 Å². The van der Waals surface area contributed by atoms with E-state index < -0.39 is 0 Å². The van der Waals surface area contributed by atoms with Gasteiger partial charge in [0.1, 0.15) is 0 Å². The highest BCUT2D eigenvalue weighted by Gasteiger charge is 2.19. The lowest BCUT2D eigenvalue weighted by atomic mass is 9.94. The van der Waals surface area contributed by atoms with E-state index in [4.69, 9.17) is 9.47 Å². The molecule has 0 heterocycles. The zero-order valence-electron chi connectivity index (χ0n) is 36.9. The number of nitrogens with zero attached hydrogens (tertiary/aromatic N) is 1. The minimum Gasteiger partial charge on any atom is -0.465 e. The highest BCUT2D eigenvalue weighted by molar-refractivity contribution is 5.72. The number of carbonyl (C=O) groups excluding carboxylic acids is 1. The summed E-state index contributed by atoms with van der Waals surface area (Å²) in [5.41, 5.74) is 0. The van der Waals surface area contributed by atoms with Gasteiger partial charge in [-0.1, -0.05) is 189 Å². The number of aliphatic hydroxyl groups excluding tert-OH is 1. The number of aliphatic hydroxyl groups is 1. The maximum Gasteiger partial charge on any atom is 0.308 e. The first kappa shape index (κ1) is 52.3. The highest BCUT2D eigenvalue weighted by Crippen LogP contribution is 2.22. The third-order valence-corrected chi connectivity index (χ3v) is 11.7. The molecular weight excluding hydrogens is 655 g/mol. The van der Waals surface area contributed by atoms with E-state index in [2.05, 4.69) is 39.5 Å². The Morgan fingerprint density at radius 2 is 0.887 bits per heavy atom. The zero-order valence-corrected chi connectivity index (χ0v) is 36.9. The lowest BCUT2D eigenvalue weighted by Crippen LogP contribution is -2.39. The van der Waals surface area contributed by atoms with Crippen LogP contribution in [0.2, 0.25) is 0 Å². The topological polar surface area (TPSA) is 59.0 Å². The summed E-state index contributed by atoms with van der Waals surface area (Å²) >= 11 is 0. The van der Waals surface area contributed by atoms with Crippen LogP contribution >= 0.6 is 0 Å². The Balaban J connectivity index is 4.31. The summed E-state index contributed by atoms with van der Waals surface area (Å²) in [6, 6.07) is 0.265. The van der Waals surface area contributed by atoms with E-state index in [9.17, 15) is 9.90 Å². The molecule has 0 amide bonds. The summed E-state index contributed by atoms with van der Waals surface area (Å²) in [4.78, 5) is 15.5. The van der Waals surface area contributed by atoms with Crippen molar-refractivity contribution in [3.05, 3.63) is 0 Å². The van der Waals surface area contributed by atoms with E-state index in [-0.39, 0.29) is 24.5 Å². The Hall–Kier alpha value is -0.650. The summed E-state index contributed by atoms with van der Waals surface area (Å²) < 4.78 is 12.1. The van der Waals surface area contributed by atoms with Gasteiger partial charge in [-0.25, -0.2) is 0 Å². The van der Waals surface area contributed by atoms with Gasteiger partial charge < -0.3 is 14.6 Å². The molecule has 53 heavy (non-hydrogen) atoms. The van der Waals surface area contributed by atoms with Gasteiger partial charge in [-0.3, -0.25) is 9.69 Å². The van der Waals surface area contributed by atoms with E-state index in [1.54, 1.807) is 0 Å². The smallest absolute Gasteiger partial charge is 0.308 e. The number of rotatable bonds is 44. The minimum absolute atomic E-state index is 0.0621. The molecule has 0 spiro atoms. The van der Waals surface area contributed by atoms with Crippen LogP contribution < -0.4 is 0 Å². The van der Waals surface area contributed by atoms with E-state index in [1.807, 2.05) is 0 Å². The van der Waals surface area contributed by atoms with Gasteiger partial charge in [0.25, 0.3) is 0 Å². The lowest BCUT2D eigenvalue weighted by Gasteiger charge is -2.30. The molecule has 0 saturated heterocycles. The standard InChI is InChI=1S/C48H97NO4/c1-6-11-15-19-21-28-36-45(35-27-17-13-8-3)44-52-41-33-25-23-31-39-49(47(10-5)43-50)40-32-24-26-34-42-53-48(51)46(37-29-18-14-9-4)38-30-22-20-16-12-7-2/h45-47,50H,6-44H2,1-5H3. The first-order chi connectivity index (χ1) is 26.1. The van der Waals surface area contributed by atoms with Crippen LogP contribution in [-0.4, -0.2) is 61.5 Å². The number of hydrogen-bond donors (Lipinski definition) is 1.